The molecular formula is C36H40ClN3O4S. The number of benzene rings is 4. The summed E-state index contributed by atoms with van der Waals surface area (Å²) in [5.41, 5.74) is 3.52. The molecule has 0 radical (unpaired) electrons. The number of hydrogen-bond acceptors (Lipinski definition) is 4. The molecule has 4 rings (SSSR count). The number of unbranched alkanes of at least 4 members (excludes halogenated alkanes) is 1. The van der Waals surface area contributed by atoms with Crippen LogP contribution in [0.3, 0.4) is 0 Å². The summed E-state index contributed by atoms with van der Waals surface area (Å²) in [6.07, 6.45) is 1.96. The SMILES string of the molecule is CCCCNC(=O)[C@@H](Cc1ccccc1)N(Cc1ccccc1C)C(=O)CN(c1cccc(Cl)c1C)S(=O)(=O)c1ccccc1. The van der Waals surface area contributed by atoms with Crippen LogP contribution in [-0.4, -0.2) is 44.3 Å². The van der Waals surface area contributed by atoms with Crippen molar-refractivity contribution in [3.63, 3.8) is 0 Å². The number of nitrogens with zero attached hydrogens (tertiary/aromatic N) is 2. The van der Waals surface area contributed by atoms with Crippen molar-refractivity contribution in [3.05, 3.63) is 130 Å². The lowest BCUT2D eigenvalue weighted by Gasteiger charge is -2.34. The Hall–Kier alpha value is -4.14. The average Bonchev–Trinajstić information content (AvgIpc) is 3.04. The molecule has 0 saturated heterocycles. The maximum Gasteiger partial charge on any atom is 0.264 e. The van der Waals surface area contributed by atoms with Crippen molar-refractivity contribution < 1.29 is 18.0 Å². The van der Waals surface area contributed by atoms with Crippen LogP contribution >= 0.6 is 11.6 Å². The van der Waals surface area contributed by atoms with Crippen LogP contribution in [0.4, 0.5) is 5.69 Å². The fourth-order valence-electron chi connectivity index (χ4n) is 5.13. The van der Waals surface area contributed by atoms with Crippen molar-refractivity contribution in [2.75, 3.05) is 17.4 Å². The molecule has 0 saturated carbocycles. The Morgan fingerprint density at radius 2 is 1.49 bits per heavy atom. The van der Waals surface area contributed by atoms with Gasteiger partial charge in [0.25, 0.3) is 10.0 Å². The second-order valence-electron chi connectivity index (χ2n) is 11.0. The molecule has 9 heteroatoms. The first-order chi connectivity index (χ1) is 21.6. The molecule has 1 atom stereocenters. The van der Waals surface area contributed by atoms with E-state index >= 15 is 0 Å². The number of amides is 2. The summed E-state index contributed by atoms with van der Waals surface area (Å²) in [6, 6.07) is 29.3. The minimum Gasteiger partial charge on any atom is -0.354 e. The molecule has 4 aromatic carbocycles. The maximum atomic E-state index is 14.6. The van der Waals surface area contributed by atoms with Crippen LogP contribution in [-0.2, 0) is 32.6 Å². The molecule has 0 aliphatic carbocycles. The predicted molar refractivity (Wildman–Crippen MR) is 181 cm³/mol. The zero-order valence-corrected chi connectivity index (χ0v) is 27.5. The molecular weight excluding hydrogens is 606 g/mol. The number of rotatable bonds is 14. The molecule has 0 fully saturated rings. The quantitative estimate of drug-likeness (QED) is 0.155. The monoisotopic (exact) mass is 645 g/mol. The maximum absolute atomic E-state index is 14.6. The van der Waals surface area contributed by atoms with E-state index in [9.17, 15) is 18.0 Å². The number of carbonyl (C=O) groups excluding carboxylic acids is 2. The zero-order chi connectivity index (χ0) is 32.4. The first-order valence-corrected chi connectivity index (χ1v) is 16.9. The predicted octanol–water partition coefficient (Wildman–Crippen LogP) is 6.71. The highest BCUT2D eigenvalue weighted by Gasteiger charge is 2.35. The molecule has 0 aliphatic rings. The van der Waals surface area contributed by atoms with E-state index in [1.54, 1.807) is 43.3 Å². The van der Waals surface area contributed by atoms with Gasteiger partial charge >= 0.3 is 0 Å². The molecule has 0 aromatic heterocycles. The summed E-state index contributed by atoms with van der Waals surface area (Å²) in [7, 11) is -4.20. The summed E-state index contributed by atoms with van der Waals surface area (Å²) in [4.78, 5) is 30.0. The Labute approximate surface area is 271 Å². The second kappa shape index (κ2) is 15.7. The van der Waals surface area contributed by atoms with Crippen LogP contribution in [0, 0.1) is 13.8 Å². The van der Waals surface area contributed by atoms with Gasteiger partial charge in [0.1, 0.15) is 12.6 Å². The van der Waals surface area contributed by atoms with Gasteiger partial charge in [0.15, 0.2) is 0 Å². The number of aryl methyl sites for hydroxylation is 1. The van der Waals surface area contributed by atoms with E-state index in [2.05, 4.69) is 5.32 Å². The third kappa shape index (κ3) is 8.53. The molecule has 0 unspecified atom stereocenters. The van der Waals surface area contributed by atoms with Crippen molar-refractivity contribution >= 4 is 39.1 Å². The number of halogens is 1. The van der Waals surface area contributed by atoms with E-state index in [0.29, 0.717) is 22.8 Å². The van der Waals surface area contributed by atoms with E-state index in [-0.39, 0.29) is 23.8 Å². The molecule has 0 spiro atoms. The van der Waals surface area contributed by atoms with Crippen LogP contribution < -0.4 is 9.62 Å². The van der Waals surface area contributed by atoms with Gasteiger partial charge in [-0.2, -0.15) is 0 Å². The average molecular weight is 646 g/mol. The Morgan fingerprint density at radius 1 is 0.844 bits per heavy atom. The fraction of sp³-hybridized carbons (Fsp3) is 0.278. The molecule has 2 amide bonds. The summed E-state index contributed by atoms with van der Waals surface area (Å²) in [5, 5.41) is 3.39. The molecule has 7 nitrogen and oxygen atoms in total. The van der Waals surface area contributed by atoms with Crippen LogP contribution in [0.1, 0.15) is 42.0 Å². The summed E-state index contributed by atoms with van der Waals surface area (Å²) in [5.74, 6) is -0.797. The van der Waals surface area contributed by atoms with Crippen molar-refractivity contribution in [3.8, 4) is 0 Å². The lowest BCUT2D eigenvalue weighted by atomic mass is 10.0. The first-order valence-electron chi connectivity index (χ1n) is 15.1. The van der Waals surface area contributed by atoms with Gasteiger partial charge < -0.3 is 10.2 Å². The smallest absolute Gasteiger partial charge is 0.264 e. The van der Waals surface area contributed by atoms with Crippen LogP contribution in [0.2, 0.25) is 5.02 Å². The van der Waals surface area contributed by atoms with Gasteiger partial charge in [-0.3, -0.25) is 13.9 Å². The van der Waals surface area contributed by atoms with Crippen molar-refractivity contribution in [2.24, 2.45) is 0 Å². The Balaban J connectivity index is 1.82. The van der Waals surface area contributed by atoms with E-state index in [4.69, 9.17) is 11.6 Å². The van der Waals surface area contributed by atoms with Crippen LogP contribution in [0.5, 0.6) is 0 Å². The largest absolute Gasteiger partial charge is 0.354 e. The summed E-state index contributed by atoms with van der Waals surface area (Å²) >= 11 is 6.45. The second-order valence-corrected chi connectivity index (χ2v) is 13.3. The number of carbonyl (C=O) groups is 2. The molecule has 0 aliphatic heterocycles. The van der Waals surface area contributed by atoms with Gasteiger partial charge in [-0.1, -0.05) is 104 Å². The fourth-order valence-corrected chi connectivity index (χ4v) is 6.79. The minimum absolute atomic E-state index is 0.0424. The highest BCUT2D eigenvalue weighted by Crippen LogP contribution is 2.31. The Morgan fingerprint density at radius 3 is 2.16 bits per heavy atom. The van der Waals surface area contributed by atoms with E-state index in [0.717, 1.165) is 33.8 Å². The first kappa shape index (κ1) is 33.7. The van der Waals surface area contributed by atoms with E-state index in [1.165, 1.54) is 17.0 Å². The van der Waals surface area contributed by atoms with Crippen molar-refractivity contribution in [2.45, 2.75) is 57.5 Å². The molecule has 0 heterocycles. The molecule has 0 bridgehead atoms. The summed E-state index contributed by atoms with van der Waals surface area (Å²) in [6.45, 7) is 5.79. The highest BCUT2D eigenvalue weighted by molar-refractivity contribution is 7.92. The lowest BCUT2D eigenvalue weighted by Crippen LogP contribution is -2.53. The molecule has 4 aromatic rings. The van der Waals surface area contributed by atoms with Crippen LogP contribution in [0.15, 0.2) is 108 Å². The molecule has 236 valence electrons. The van der Waals surface area contributed by atoms with E-state index in [1.807, 2.05) is 68.4 Å². The van der Waals surface area contributed by atoms with Crippen molar-refractivity contribution in [1.82, 2.24) is 10.2 Å². The van der Waals surface area contributed by atoms with Gasteiger partial charge in [0.05, 0.1) is 10.6 Å². The summed E-state index contributed by atoms with van der Waals surface area (Å²) < 4.78 is 29.4. The van der Waals surface area contributed by atoms with E-state index < -0.39 is 28.5 Å². The molecule has 1 N–H and O–H groups in total. The van der Waals surface area contributed by atoms with Crippen molar-refractivity contribution in [1.29, 1.82) is 0 Å². The van der Waals surface area contributed by atoms with Gasteiger partial charge in [-0.05, 0) is 66.8 Å². The Bertz CT molecular complexity index is 1700. The standard InChI is InChI=1S/C36H40ClN3O4S/c1-4-5-23-38-36(42)34(24-29-16-8-6-9-17-29)39(25-30-18-13-12-15-27(30)2)35(41)26-40(33-22-14-21-32(37)28(33)3)45(43,44)31-19-10-7-11-20-31/h6-22,34H,4-5,23-26H2,1-3H3,(H,38,42)/t34-/m1/s1. The number of sulfonamides is 1. The van der Waals surface area contributed by atoms with Gasteiger partial charge in [0.2, 0.25) is 11.8 Å². The van der Waals surface area contributed by atoms with Gasteiger partial charge in [-0.15, -0.1) is 0 Å². The Kier molecular flexibility index (Phi) is 11.8. The third-order valence-corrected chi connectivity index (χ3v) is 10.0. The normalized spacial score (nSPS) is 11.9. The zero-order valence-electron chi connectivity index (χ0n) is 25.9. The highest BCUT2D eigenvalue weighted by atomic mass is 35.5. The number of nitrogens with one attached hydrogen (secondary N) is 1. The number of anilines is 1. The van der Waals surface area contributed by atoms with Gasteiger partial charge in [-0.25, -0.2) is 8.42 Å². The third-order valence-electron chi connectivity index (χ3n) is 7.82. The van der Waals surface area contributed by atoms with Gasteiger partial charge in [0, 0.05) is 24.5 Å². The minimum atomic E-state index is -4.20. The molecule has 45 heavy (non-hydrogen) atoms. The van der Waals surface area contributed by atoms with Crippen LogP contribution in [0.25, 0.3) is 0 Å². The topological polar surface area (TPSA) is 86.8 Å². The number of hydrogen-bond donors (Lipinski definition) is 1. The lowest BCUT2D eigenvalue weighted by molar-refractivity contribution is -0.140.